The summed E-state index contributed by atoms with van der Waals surface area (Å²) >= 11 is 0. The first-order chi connectivity index (χ1) is 8.58. The van der Waals surface area contributed by atoms with Crippen LogP contribution in [0, 0.1) is 0 Å². The van der Waals surface area contributed by atoms with Crippen LogP contribution in [-0.4, -0.2) is 25.2 Å². The quantitative estimate of drug-likeness (QED) is 0.844. The van der Waals surface area contributed by atoms with E-state index in [2.05, 4.69) is 5.32 Å². The summed E-state index contributed by atoms with van der Waals surface area (Å²) in [5.74, 6) is 1.09. The van der Waals surface area contributed by atoms with Crippen LogP contribution < -0.4 is 14.8 Å². The van der Waals surface area contributed by atoms with E-state index in [0.717, 1.165) is 6.42 Å². The summed E-state index contributed by atoms with van der Waals surface area (Å²) in [7, 11) is 1.58. The molecule has 100 valence electrons. The Hall–Kier alpha value is -1.71. The number of rotatable bonds is 6. The minimum atomic E-state index is -0.546. The monoisotopic (exact) mass is 251 g/mol. The van der Waals surface area contributed by atoms with Crippen LogP contribution in [0.2, 0.25) is 0 Å². The van der Waals surface area contributed by atoms with E-state index >= 15 is 0 Å². The number of benzene rings is 1. The summed E-state index contributed by atoms with van der Waals surface area (Å²) in [5.41, 5.74) is 0. The molecule has 1 rings (SSSR count). The van der Waals surface area contributed by atoms with E-state index < -0.39 is 6.10 Å². The van der Waals surface area contributed by atoms with Gasteiger partial charge in [0.15, 0.2) is 17.6 Å². The zero-order valence-electron chi connectivity index (χ0n) is 11.4. The molecule has 4 nitrogen and oxygen atoms in total. The maximum atomic E-state index is 11.8. The Balaban J connectivity index is 2.63. The van der Waals surface area contributed by atoms with Crippen LogP contribution in [0.4, 0.5) is 0 Å². The second kappa shape index (κ2) is 6.89. The summed E-state index contributed by atoms with van der Waals surface area (Å²) in [6, 6.07) is 7.44. The lowest BCUT2D eigenvalue weighted by Gasteiger charge is -2.18. The van der Waals surface area contributed by atoms with E-state index in [-0.39, 0.29) is 11.9 Å². The highest BCUT2D eigenvalue weighted by Crippen LogP contribution is 2.26. The molecular formula is C14H21NO3. The largest absolute Gasteiger partial charge is 0.493 e. The zero-order chi connectivity index (χ0) is 13.5. The smallest absolute Gasteiger partial charge is 0.260 e. The molecule has 2 atom stereocenters. The lowest BCUT2D eigenvalue weighted by molar-refractivity contribution is -0.127. The predicted molar refractivity (Wildman–Crippen MR) is 71.0 cm³/mol. The van der Waals surface area contributed by atoms with Crippen LogP contribution in [0.5, 0.6) is 11.5 Å². The van der Waals surface area contributed by atoms with E-state index in [1.165, 1.54) is 0 Å². The molecule has 0 aliphatic carbocycles. The topological polar surface area (TPSA) is 47.6 Å². The van der Waals surface area contributed by atoms with Gasteiger partial charge in [-0.2, -0.15) is 0 Å². The molecule has 0 spiro atoms. The summed E-state index contributed by atoms with van der Waals surface area (Å²) in [5, 5.41) is 2.88. The summed E-state index contributed by atoms with van der Waals surface area (Å²) < 4.78 is 10.8. The molecule has 0 aromatic heterocycles. The van der Waals surface area contributed by atoms with Gasteiger partial charge in [0.2, 0.25) is 0 Å². The number of amides is 1. The van der Waals surface area contributed by atoms with Gasteiger partial charge < -0.3 is 14.8 Å². The predicted octanol–water partition coefficient (Wildman–Crippen LogP) is 2.38. The van der Waals surface area contributed by atoms with Crippen molar-refractivity contribution < 1.29 is 14.3 Å². The molecule has 18 heavy (non-hydrogen) atoms. The third-order valence-corrected chi connectivity index (χ3v) is 2.74. The minimum absolute atomic E-state index is 0.116. The highest BCUT2D eigenvalue weighted by molar-refractivity contribution is 5.81. The van der Waals surface area contributed by atoms with Crippen molar-refractivity contribution in [3.8, 4) is 11.5 Å². The van der Waals surface area contributed by atoms with Crippen LogP contribution in [0.3, 0.4) is 0 Å². The first-order valence-electron chi connectivity index (χ1n) is 6.18. The molecule has 0 unspecified atom stereocenters. The fourth-order valence-electron chi connectivity index (χ4n) is 1.42. The van der Waals surface area contributed by atoms with Gasteiger partial charge in [-0.15, -0.1) is 0 Å². The number of para-hydroxylation sites is 2. The number of hydrogen-bond donors (Lipinski definition) is 1. The zero-order valence-corrected chi connectivity index (χ0v) is 11.4. The second-order valence-corrected chi connectivity index (χ2v) is 4.23. The number of hydrogen-bond acceptors (Lipinski definition) is 3. The van der Waals surface area contributed by atoms with E-state index in [1.807, 2.05) is 26.0 Å². The van der Waals surface area contributed by atoms with E-state index in [9.17, 15) is 4.79 Å². The molecule has 1 N–H and O–H groups in total. The van der Waals surface area contributed by atoms with E-state index in [4.69, 9.17) is 9.47 Å². The van der Waals surface area contributed by atoms with Crippen LogP contribution in [-0.2, 0) is 4.79 Å². The molecule has 0 aliphatic rings. The van der Waals surface area contributed by atoms with Crippen molar-refractivity contribution in [2.24, 2.45) is 0 Å². The van der Waals surface area contributed by atoms with Gasteiger partial charge in [0, 0.05) is 6.04 Å². The Morgan fingerprint density at radius 2 is 1.89 bits per heavy atom. The minimum Gasteiger partial charge on any atom is -0.493 e. The highest BCUT2D eigenvalue weighted by Gasteiger charge is 2.17. The molecule has 0 saturated carbocycles. The van der Waals surface area contributed by atoms with Gasteiger partial charge in [-0.25, -0.2) is 0 Å². The highest BCUT2D eigenvalue weighted by atomic mass is 16.5. The molecule has 0 aliphatic heterocycles. The molecule has 1 aromatic carbocycles. The van der Waals surface area contributed by atoms with Gasteiger partial charge in [0.1, 0.15) is 0 Å². The molecule has 1 amide bonds. The first-order valence-corrected chi connectivity index (χ1v) is 6.18. The van der Waals surface area contributed by atoms with Crippen LogP contribution in [0.1, 0.15) is 27.2 Å². The second-order valence-electron chi connectivity index (χ2n) is 4.23. The molecule has 0 bridgehead atoms. The number of methoxy groups -OCH3 is 1. The Morgan fingerprint density at radius 3 is 2.44 bits per heavy atom. The van der Waals surface area contributed by atoms with Gasteiger partial charge in [0.25, 0.3) is 5.91 Å². The van der Waals surface area contributed by atoms with Crippen molar-refractivity contribution in [3.63, 3.8) is 0 Å². The van der Waals surface area contributed by atoms with Gasteiger partial charge >= 0.3 is 0 Å². The van der Waals surface area contributed by atoms with Gasteiger partial charge in [-0.3, -0.25) is 4.79 Å². The molecule has 0 heterocycles. The molecule has 0 fully saturated rings. The third-order valence-electron chi connectivity index (χ3n) is 2.74. The average molecular weight is 251 g/mol. The fraction of sp³-hybridized carbons (Fsp3) is 0.500. The first kappa shape index (κ1) is 14.4. The van der Waals surface area contributed by atoms with Gasteiger partial charge in [0.05, 0.1) is 7.11 Å². The van der Waals surface area contributed by atoms with Crippen molar-refractivity contribution in [1.29, 1.82) is 0 Å². The number of ether oxygens (including phenoxy) is 2. The van der Waals surface area contributed by atoms with E-state index in [0.29, 0.717) is 11.5 Å². The van der Waals surface area contributed by atoms with Crippen LogP contribution in [0.25, 0.3) is 0 Å². The summed E-state index contributed by atoms with van der Waals surface area (Å²) in [4.78, 5) is 11.8. The van der Waals surface area contributed by atoms with Crippen LogP contribution in [0.15, 0.2) is 24.3 Å². The number of carbonyl (C=O) groups excluding carboxylic acids is 1. The molecule has 0 radical (unpaired) electrons. The molecule has 0 saturated heterocycles. The maximum absolute atomic E-state index is 11.8. The van der Waals surface area contributed by atoms with Crippen molar-refractivity contribution in [2.45, 2.75) is 39.3 Å². The van der Waals surface area contributed by atoms with Crippen LogP contribution >= 0.6 is 0 Å². The Morgan fingerprint density at radius 1 is 1.28 bits per heavy atom. The van der Waals surface area contributed by atoms with Gasteiger partial charge in [-0.05, 0) is 32.4 Å². The Kier molecular flexibility index (Phi) is 5.49. The normalized spacial score (nSPS) is 13.6. The summed E-state index contributed by atoms with van der Waals surface area (Å²) in [6.07, 6.45) is 0.350. The Bertz CT molecular complexity index is 392. The SMILES string of the molecule is CC[C@@H](C)NC(=O)[C@H](C)Oc1ccccc1OC. The maximum Gasteiger partial charge on any atom is 0.260 e. The average Bonchev–Trinajstić information content (AvgIpc) is 2.39. The molecule has 4 heteroatoms. The number of carbonyl (C=O) groups is 1. The van der Waals surface area contributed by atoms with E-state index in [1.54, 1.807) is 26.2 Å². The van der Waals surface area contributed by atoms with Gasteiger partial charge in [-0.1, -0.05) is 19.1 Å². The van der Waals surface area contributed by atoms with Crippen molar-refractivity contribution in [3.05, 3.63) is 24.3 Å². The Labute approximate surface area is 108 Å². The van der Waals surface area contributed by atoms with Crippen molar-refractivity contribution >= 4 is 5.91 Å². The standard InChI is InChI=1S/C14H21NO3/c1-5-10(2)15-14(16)11(3)18-13-9-7-6-8-12(13)17-4/h6-11H,5H2,1-4H3,(H,15,16)/t10-,11+/m1/s1. The lowest BCUT2D eigenvalue weighted by Crippen LogP contribution is -2.41. The summed E-state index contributed by atoms with van der Waals surface area (Å²) in [6.45, 7) is 5.72. The van der Waals surface area contributed by atoms with Crippen molar-refractivity contribution in [1.82, 2.24) is 5.32 Å². The lowest BCUT2D eigenvalue weighted by atomic mass is 10.2. The molecular weight excluding hydrogens is 230 g/mol. The third kappa shape index (κ3) is 3.95. The number of nitrogens with one attached hydrogen (secondary N) is 1. The van der Waals surface area contributed by atoms with Crippen molar-refractivity contribution in [2.75, 3.05) is 7.11 Å². The fourth-order valence-corrected chi connectivity index (χ4v) is 1.42. The molecule has 1 aromatic rings.